The smallest absolute Gasteiger partial charge is 0.360 e. The van der Waals surface area contributed by atoms with Gasteiger partial charge >= 0.3 is 17.9 Å². The fourth-order valence-corrected chi connectivity index (χ4v) is 7.41. The maximum Gasteiger partial charge on any atom is 0.360 e. The monoisotopic (exact) mass is 803 g/mol. The molecule has 0 saturated heterocycles. The van der Waals surface area contributed by atoms with E-state index in [1.807, 2.05) is 152 Å². The van der Waals surface area contributed by atoms with Crippen molar-refractivity contribution < 1.29 is 38.9 Å². The maximum atomic E-state index is 14.0. The molecule has 294 valence electrons. The van der Waals surface area contributed by atoms with Gasteiger partial charge in [0.25, 0.3) is 0 Å². The van der Waals surface area contributed by atoms with E-state index in [-0.39, 0.29) is 22.6 Å². The van der Waals surface area contributed by atoms with Crippen LogP contribution in [-0.2, 0) is 31.3 Å². The Morgan fingerprint density at radius 2 is 1.24 bits per heavy atom. The van der Waals surface area contributed by atoms with Crippen LogP contribution in [0.4, 0.5) is 5.13 Å². The van der Waals surface area contributed by atoms with Gasteiger partial charge in [0.15, 0.2) is 22.7 Å². The molecule has 0 radical (unpaired) electrons. The number of aliphatic carboxylic acids is 1. The number of rotatable bonds is 15. The number of phenolic OH excluding ortho intramolecular Hbond substituents is 1. The predicted octanol–water partition coefficient (Wildman–Crippen LogP) is 9.13. The number of hydrogen-bond donors (Lipinski definition) is 3. The van der Waals surface area contributed by atoms with E-state index in [0.717, 1.165) is 23.6 Å². The second kappa shape index (κ2) is 18.1. The summed E-state index contributed by atoms with van der Waals surface area (Å²) in [7, 11) is 0. The minimum atomic E-state index is -1.41. The summed E-state index contributed by atoms with van der Waals surface area (Å²) in [6.45, 7) is 0.673. The lowest BCUT2D eigenvalue weighted by atomic mass is 9.77. The number of phenols is 1. The minimum Gasteiger partial charge on any atom is -0.504 e. The van der Waals surface area contributed by atoms with Crippen LogP contribution in [-0.4, -0.2) is 38.8 Å². The molecule has 7 aromatic rings. The van der Waals surface area contributed by atoms with Crippen molar-refractivity contribution in [1.82, 2.24) is 4.98 Å². The summed E-state index contributed by atoms with van der Waals surface area (Å²) in [5.41, 5.74) is 2.77. The topological polar surface area (TPSA) is 157 Å². The second-order valence-electron chi connectivity index (χ2n) is 13.2. The highest BCUT2D eigenvalue weighted by Crippen LogP contribution is 2.41. The number of nitrogens with zero attached hydrogens (tertiary/aromatic N) is 2. The second-order valence-corrected chi connectivity index (χ2v) is 14.1. The van der Waals surface area contributed by atoms with E-state index in [9.17, 15) is 24.6 Å². The van der Waals surface area contributed by atoms with Crippen molar-refractivity contribution in [3.63, 3.8) is 0 Å². The number of carboxylic acid groups (broad SMARTS) is 1. The SMILES string of the molecule is CC(=O)Oc1cc(C(=O)OC(c2ccccc2)c2ccccc2)c(CON=C(C(=O)O)c2csc(NC(c3ccccc3)(c3ccccc3)c3ccccc3)n2)cc1O. The molecule has 0 bridgehead atoms. The van der Waals surface area contributed by atoms with Crippen LogP contribution in [0.5, 0.6) is 11.5 Å². The number of ether oxygens (including phenoxy) is 2. The quantitative estimate of drug-likeness (QED) is 0.0300. The number of thiazole rings is 1. The number of anilines is 1. The van der Waals surface area contributed by atoms with Crippen molar-refractivity contribution >= 4 is 40.1 Å². The number of aromatic nitrogens is 1. The molecule has 0 atom stereocenters. The molecule has 0 saturated carbocycles. The van der Waals surface area contributed by atoms with E-state index < -0.39 is 47.6 Å². The van der Waals surface area contributed by atoms with Crippen molar-refractivity contribution in [2.75, 3.05) is 5.32 Å². The van der Waals surface area contributed by atoms with Gasteiger partial charge in [0, 0.05) is 17.9 Å². The molecule has 6 aromatic carbocycles. The third-order valence-corrected chi connectivity index (χ3v) is 10.1. The Morgan fingerprint density at radius 1 is 0.746 bits per heavy atom. The van der Waals surface area contributed by atoms with E-state index in [1.165, 1.54) is 23.5 Å². The molecule has 0 aliphatic rings. The van der Waals surface area contributed by atoms with Gasteiger partial charge in [0.1, 0.15) is 17.8 Å². The van der Waals surface area contributed by atoms with Gasteiger partial charge in [-0.05, 0) is 39.9 Å². The first-order chi connectivity index (χ1) is 28.7. The molecule has 0 aliphatic carbocycles. The zero-order valence-electron chi connectivity index (χ0n) is 31.6. The lowest BCUT2D eigenvalue weighted by Crippen LogP contribution is -2.38. The number of carboxylic acids is 1. The molecule has 7 rings (SSSR count). The highest BCUT2D eigenvalue weighted by molar-refractivity contribution is 7.14. The Bertz CT molecular complexity index is 2430. The molecular weight excluding hydrogens is 767 g/mol. The summed E-state index contributed by atoms with van der Waals surface area (Å²) in [6, 6.07) is 50.3. The Balaban J connectivity index is 1.19. The molecule has 1 heterocycles. The molecule has 1 aromatic heterocycles. The highest BCUT2D eigenvalue weighted by atomic mass is 32.1. The summed E-state index contributed by atoms with van der Waals surface area (Å²) in [6.07, 6.45) is -0.821. The summed E-state index contributed by atoms with van der Waals surface area (Å²) in [5.74, 6) is -3.71. The number of carbonyl (C=O) groups excluding carboxylic acids is 2. The Kier molecular flexibility index (Phi) is 12.2. The van der Waals surface area contributed by atoms with Gasteiger partial charge in [0.05, 0.1) is 5.56 Å². The lowest BCUT2D eigenvalue weighted by Gasteiger charge is -2.36. The minimum absolute atomic E-state index is 0.0225. The number of hydrogen-bond acceptors (Lipinski definition) is 11. The standard InChI is InChI=1S/C47H37N3O8S/c1-31(51)57-41-28-38(45(55)58-43(32-17-7-2-8-18-32)33-19-9-3-10-20-33)34(27-40(41)52)29-56-50-42(44(53)54)39-30-59-46(48-39)49-47(35-21-11-4-12-22-35,36-23-13-5-14-24-36)37-25-15-6-16-26-37/h2-28,30,43,52H,29H2,1H3,(H,48,49)(H,53,54). The molecule has 12 heteroatoms. The van der Waals surface area contributed by atoms with Crippen LogP contribution in [0.25, 0.3) is 0 Å². The number of esters is 2. The van der Waals surface area contributed by atoms with E-state index in [4.69, 9.17) is 14.3 Å². The van der Waals surface area contributed by atoms with Crippen LogP contribution in [0.3, 0.4) is 0 Å². The molecule has 0 fully saturated rings. The summed E-state index contributed by atoms with van der Waals surface area (Å²) in [5, 5.41) is 30.6. The van der Waals surface area contributed by atoms with Gasteiger partial charge < -0.3 is 29.8 Å². The van der Waals surface area contributed by atoms with Crippen molar-refractivity contribution in [2.45, 2.75) is 25.2 Å². The number of benzene rings is 6. The third kappa shape index (κ3) is 9.03. The maximum absolute atomic E-state index is 14.0. The van der Waals surface area contributed by atoms with E-state index in [2.05, 4.69) is 15.5 Å². The summed E-state index contributed by atoms with van der Waals surface area (Å²) >= 11 is 1.19. The first-order valence-electron chi connectivity index (χ1n) is 18.4. The highest BCUT2D eigenvalue weighted by Gasteiger charge is 2.37. The molecule has 11 nitrogen and oxygen atoms in total. The van der Waals surface area contributed by atoms with Crippen LogP contribution in [0.2, 0.25) is 0 Å². The third-order valence-electron chi connectivity index (χ3n) is 9.33. The van der Waals surface area contributed by atoms with Gasteiger partial charge in [-0.15, -0.1) is 11.3 Å². The van der Waals surface area contributed by atoms with Crippen LogP contribution in [0.15, 0.2) is 174 Å². The zero-order valence-corrected chi connectivity index (χ0v) is 32.4. The van der Waals surface area contributed by atoms with Crippen LogP contribution < -0.4 is 10.1 Å². The summed E-state index contributed by atoms with van der Waals surface area (Å²) < 4.78 is 11.2. The number of oxime groups is 1. The largest absolute Gasteiger partial charge is 0.504 e. The van der Waals surface area contributed by atoms with Crippen LogP contribution >= 0.6 is 11.3 Å². The lowest BCUT2D eigenvalue weighted by molar-refractivity contribution is -0.132. The van der Waals surface area contributed by atoms with Gasteiger partial charge in [-0.25, -0.2) is 14.6 Å². The van der Waals surface area contributed by atoms with Crippen molar-refractivity contribution in [2.24, 2.45) is 5.16 Å². The van der Waals surface area contributed by atoms with E-state index >= 15 is 0 Å². The fourth-order valence-electron chi connectivity index (χ4n) is 6.66. The molecule has 59 heavy (non-hydrogen) atoms. The average Bonchev–Trinajstić information content (AvgIpc) is 3.73. The average molecular weight is 804 g/mol. The molecule has 0 unspecified atom stereocenters. The molecule has 0 aliphatic heterocycles. The first kappa shape index (κ1) is 39.7. The van der Waals surface area contributed by atoms with Crippen LogP contribution in [0, 0.1) is 0 Å². The van der Waals surface area contributed by atoms with Crippen molar-refractivity contribution in [3.8, 4) is 11.5 Å². The normalized spacial score (nSPS) is 11.5. The van der Waals surface area contributed by atoms with Gasteiger partial charge in [-0.3, -0.25) is 4.79 Å². The first-order valence-corrected chi connectivity index (χ1v) is 19.3. The van der Waals surface area contributed by atoms with Gasteiger partial charge in [-0.2, -0.15) is 0 Å². The number of aromatic hydroxyl groups is 1. The van der Waals surface area contributed by atoms with Gasteiger partial charge in [0.2, 0.25) is 5.71 Å². The number of carbonyl (C=O) groups is 3. The van der Waals surface area contributed by atoms with Crippen molar-refractivity contribution in [1.29, 1.82) is 0 Å². The molecule has 0 spiro atoms. The fraction of sp³-hybridized carbons (Fsp3) is 0.0851. The molecule has 0 amide bonds. The summed E-state index contributed by atoms with van der Waals surface area (Å²) in [4.78, 5) is 48.7. The molecular formula is C47H37N3O8S. The Morgan fingerprint density at radius 3 is 1.71 bits per heavy atom. The molecule has 3 N–H and O–H groups in total. The van der Waals surface area contributed by atoms with E-state index in [0.29, 0.717) is 16.3 Å². The van der Waals surface area contributed by atoms with Crippen LogP contribution in [0.1, 0.15) is 62.5 Å². The Hall–Kier alpha value is -7.57. The van der Waals surface area contributed by atoms with Crippen molar-refractivity contribution in [3.05, 3.63) is 214 Å². The van der Waals surface area contributed by atoms with Gasteiger partial charge in [-0.1, -0.05) is 157 Å². The number of nitrogens with one attached hydrogen (secondary N) is 1. The van der Waals surface area contributed by atoms with E-state index in [1.54, 1.807) is 5.38 Å². The Labute approximate surface area is 343 Å². The predicted molar refractivity (Wildman–Crippen MR) is 223 cm³/mol. The zero-order chi connectivity index (χ0) is 41.2.